The fourth-order valence-electron chi connectivity index (χ4n) is 2.03. The molecule has 2 aliphatic heterocycles. The normalized spacial score (nSPS) is 48.6. The van der Waals surface area contributed by atoms with Gasteiger partial charge in [-0.25, -0.2) is 0 Å². The third kappa shape index (κ3) is 1.21. The summed E-state index contributed by atoms with van der Waals surface area (Å²) in [6.07, 6.45) is -9.31. The molecule has 0 aromatic heterocycles. The maximum Gasteiger partial charge on any atom is 0.425 e. The second kappa shape index (κ2) is 2.95. The predicted molar refractivity (Wildman–Crippen MR) is 47.0 cm³/mol. The number of hydrogen-bond donors (Lipinski definition) is 1. The molecule has 2 nitrogen and oxygen atoms in total. The van der Waals surface area contributed by atoms with Crippen LogP contribution in [0.1, 0.15) is 6.42 Å². The first-order valence-corrected chi connectivity index (χ1v) is 5.33. The van der Waals surface area contributed by atoms with Crippen molar-refractivity contribution in [3.63, 3.8) is 0 Å². The van der Waals surface area contributed by atoms with Crippen molar-refractivity contribution >= 4 is 22.6 Å². The molecule has 2 rings (SSSR count). The van der Waals surface area contributed by atoms with Gasteiger partial charge in [-0.3, -0.25) is 0 Å². The summed E-state index contributed by atoms with van der Waals surface area (Å²) in [6.45, 7) is 0. The highest BCUT2D eigenvalue weighted by atomic mass is 127. The van der Waals surface area contributed by atoms with E-state index in [2.05, 4.69) is 4.74 Å². The topological polar surface area (TPSA) is 29.5 Å². The fraction of sp³-hybridized carbons (Fsp3) is 1.00. The Morgan fingerprint density at radius 2 is 1.87 bits per heavy atom. The van der Waals surface area contributed by atoms with Crippen molar-refractivity contribution in [3.05, 3.63) is 0 Å². The van der Waals surface area contributed by atoms with Crippen molar-refractivity contribution in [2.24, 2.45) is 0 Å². The minimum atomic E-state index is -5.38. The molecule has 0 aliphatic carbocycles. The van der Waals surface area contributed by atoms with Crippen LogP contribution in [-0.4, -0.2) is 38.9 Å². The summed E-state index contributed by atoms with van der Waals surface area (Å²) in [5.74, 6) is -4.28. The molecule has 0 saturated carbocycles. The Balaban J connectivity index is 2.45. The van der Waals surface area contributed by atoms with E-state index >= 15 is 0 Å². The predicted octanol–water partition coefficient (Wildman–Crippen LogP) is 1.89. The molecule has 2 saturated heterocycles. The van der Waals surface area contributed by atoms with E-state index in [1.54, 1.807) is 22.6 Å². The average Bonchev–Trinajstić information content (AvgIpc) is 2.49. The first kappa shape index (κ1) is 11.8. The van der Waals surface area contributed by atoms with Crippen molar-refractivity contribution < 1.29 is 31.8 Å². The van der Waals surface area contributed by atoms with Gasteiger partial charge in [0.2, 0.25) is 0 Å². The van der Waals surface area contributed by atoms with Crippen LogP contribution in [0.3, 0.4) is 0 Å². The molecule has 0 radical (unpaired) electrons. The van der Waals surface area contributed by atoms with Crippen LogP contribution >= 0.6 is 22.6 Å². The Hall–Kier alpha value is 0.300. The van der Waals surface area contributed by atoms with E-state index in [0.717, 1.165) is 0 Å². The van der Waals surface area contributed by atoms with Gasteiger partial charge in [0.1, 0.15) is 12.2 Å². The van der Waals surface area contributed by atoms with Crippen LogP contribution in [0.4, 0.5) is 22.0 Å². The van der Waals surface area contributed by atoms with Crippen LogP contribution in [0.5, 0.6) is 0 Å². The Bertz CT molecular complexity index is 294. The zero-order valence-electron chi connectivity index (χ0n) is 7.06. The van der Waals surface area contributed by atoms with Gasteiger partial charge in [0.15, 0.2) is 0 Å². The Morgan fingerprint density at radius 1 is 1.33 bits per heavy atom. The Labute approximate surface area is 94.9 Å². The van der Waals surface area contributed by atoms with Gasteiger partial charge in [0.05, 0.1) is 0 Å². The Kier molecular flexibility index (Phi) is 2.31. The van der Waals surface area contributed by atoms with E-state index in [-0.39, 0.29) is 6.42 Å². The summed E-state index contributed by atoms with van der Waals surface area (Å²) in [5.41, 5.74) is -4.04. The van der Waals surface area contributed by atoms with Gasteiger partial charge in [0.25, 0.3) is 5.60 Å². The van der Waals surface area contributed by atoms with Crippen molar-refractivity contribution in [1.82, 2.24) is 0 Å². The molecular weight excluding hydrogens is 338 g/mol. The zero-order valence-corrected chi connectivity index (χ0v) is 9.22. The van der Waals surface area contributed by atoms with Gasteiger partial charge in [0, 0.05) is 3.92 Å². The van der Waals surface area contributed by atoms with E-state index in [9.17, 15) is 22.0 Å². The highest BCUT2D eigenvalue weighted by molar-refractivity contribution is 14.1. The van der Waals surface area contributed by atoms with Crippen molar-refractivity contribution in [2.45, 2.75) is 40.3 Å². The molecule has 4 unspecified atom stereocenters. The van der Waals surface area contributed by atoms with Gasteiger partial charge in [-0.15, -0.1) is 0 Å². The van der Waals surface area contributed by atoms with Gasteiger partial charge < -0.3 is 9.84 Å². The van der Waals surface area contributed by atoms with Crippen LogP contribution in [-0.2, 0) is 4.74 Å². The molecule has 0 spiro atoms. The standard InChI is InChI=1S/C7H6F5IO2/c8-6(9)4-2(13)1-3(15-4)5(6,14)7(10,11)12/h2-4,14H,1H2. The van der Waals surface area contributed by atoms with Crippen LogP contribution in [0.25, 0.3) is 0 Å². The average molecular weight is 344 g/mol. The monoisotopic (exact) mass is 344 g/mol. The second-order valence-corrected chi connectivity index (χ2v) is 5.28. The van der Waals surface area contributed by atoms with Gasteiger partial charge >= 0.3 is 12.1 Å². The summed E-state index contributed by atoms with van der Waals surface area (Å²) >= 11 is 1.61. The largest absolute Gasteiger partial charge is 0.425 e. The number of ether oxygens (including phenoxy) is 1. The van der Waals surface area contributed by atoms with Crippen LogP contribution < -0.4 is 0 Å². The molecule has 2 fully saturated rings. The smallest absolute Gasteiger partial charge is 0.374 e. The molecule has 4 atom stereocenters. The third-order valence-electron chi connectivity index (χ3n) is 2.84. The van der Waals surface area contributed by atoms with E-state index in [1.165, 1.54) is 0 Å². The van der Waals surface area contributed by atoms with E-state index in [4.69, 9.17) is 5.11 Å². The van der Waals surface area contributed by atoms with Crippen molar-refractivity contribution in [2.75, 3.05) is 0 Å². The number of alkyl halides is 6. The van der Waals surface area contributed by atoms with Crippen LogP contribution in [0.2, 0.25) is 0 Å². The van der Waals surface area contributed by atoms with Gasteiger partial charge in [-0.2, -0.15) is 22.0 Å². The number of fused-ring (bicyclic) bond motifs is 2. The molecule has 0 aromatic rings. The molecule has 15 heavy (non-hydrogen) atoms. The maximum atomic E-state index is 13.3. The minimum Gasteiger partial charge on any atom is -0.374 e. The lowest BCUT2D eigenvalue weighted by atomic mass is 9.80. The molecule has 88 valence electrons. The van der Waals surface area contributed by atoms with Gasteiger partial charge in [-0.1, -0.05) is 22.6 Å². The molecule has 8 heteroatoms. The van der Waals surface area contributed by atoms with E-state index in [0.29, 0.717) is 0 Å². The summed E-state index contributed by atoms with van der Waals surface area (Å²) in [4.78, 5) is 0. The van der Waals surface area contributed by atoms with Gasteiger partial charge in [-0.05, 0) is 6.42 Å². The highest BCUT2D eigenvalue weighted by Crippen LogP contribution is 2.59. The lowest BCUT2D eigenvalue weighted by molar-refractivity contribution is -0.332. The lowest BCUT2D eigenvalue weighted by Gasteiger charge is -2.38. The molecular formula is C7H6F5IO2. The van der Waals surface area contributed by atoms with Crippen molar-refractivity contribution in [3.8, 4) is 0 Å². The highest BCUT2D eigenvalue weighted by Gasteiger charge is 2.83. The van der Waals surface area contributed by atoms with Crippen LogP contribution in [0, 0.1) is 0 Å². The minimum absolute atomic E-state index is 0.211. The van der Waals surface area contributed by atoms with E-state index in [1.807, 2.05) is 0 Å². The maximum absolute atomic E-state index is 13.3. The van der Waals surface area contributed by atoms with Crippen LogP contribution in [0.15, 0.2) is 0 Å². The Morgan fingerprint density at radius 3 is 2.20 bits per heavy atom. The van der Waals surface area contributed by atoms with E-state index < -0.39 is 33.8 Å². The molecule has 0 amide bonds. The number of hydrogen-bond acceptors (Lipinski definition) is 2. The zero-order chi connectivity index (χ0) is 11.6. The second-order valence-electron chi connectivity index (χ2n) is 3.68. The fourth-order valence-corrected chi connectivity index (χ4v) is 3.11. The molecule has 2 aliphatic rings. The molecule has 2 heterocycles. The summed E-state index contributed by atoms with van der Waals surface area (Å²) in [6, 6.07) is 0. The SMILES string of the molecule is OC1(C(F)(F)F)C2CC(I)C(O2)C1(F)F. The molecule has 2 bridgehead atoms. The number of rotatable bonds is 0. The van der Waals surface area contributed by atoms with Crippen molar-refractivity contribution in [1.29, 1.82) is 0 Å². The summed E-state index contributed by atoms with van der Waals surface area (Å²) in [5, 5.41) is 9.16. The number of halogens is 6. The number of aliphatic hydroxyl groups is 1. The molecule has 1 N–H and O–H groups in total. The first-order chi connectivity index (χ1) is 6.62. The summed E-state index contributed by atoms with van der Waals surface area (Å²) in [7, 11) is 0. The third-order valence-corrected chi connectivity index (χ3v) is 4.00. The molecule has 0 aromatic carbocycles. The first-order valence-electron chi connectivity index (χ1n) is 4.09. The quantitative estimate of drug-likeness (QED) is 0.413. The lowest BCUT2D eigenvalue weighted by Crippen LogP contribution is -2.66. The summed E-state index contributed by atoms with van der Waals surface area (Å²) < 4.78 is 67.7.